The van der Waals surface area contributed by atoms with Gasteiger partial charge in [0.05, 0.1) is 9.79 Å². The average molecular weight is 543 g/mol. The largest absolute Gasteiger partial charge is 1.00 e. The van der Waals surface area contributed by atoms with Crippen molar-refractivity contribution < 1.29 is 85.1 Å². The summed E-state index contributed by atoms with van der Waals surface area (Å²) in [4.78, 5) is -1.96. The second kappa shape index (κ2) is 11.5. The number of hydrogen-bond acceptors (Lipinski definition) is 6. The summed E-state index contributed by atoms with van der Waals surface area (Å²) in [5.74, 6) is -0.348. The molecule has 0 N–H and O–H groups in total. The van der Waals surface area contributed by atoms with Gasteiger partial charge in [-0.2, -0.15) is 0 Å². The standard InChI is InChI=1S/C26H26O6S2.2Na/c1-15(2)18-12-8-14-21-23(18)22(16(3)4)24(26(34(30,31)32)25(21)33(27,28)29)20-13-7-10-17-9-5-6-11-19(17)20;;/h5-16H,1-4H3,(H,27,28,29)(H,30,31,32);;/q;2*+1/p-2. The van der Waals surface area contributed by atoms with Gasteiger partial charge in [-0.3, -0.25) is 0 Å². The molecule has 6 nitrogen and oxygen atoms in total. The molecule has 0 spiro atoms. The predicted molar refractivity (Wildman–Crippen MR) is 131 cm³/mol. The van der Waals surface area contributed by atoms with E-state index in [0.717, 1.165) is 10.9 Å². The summed E-state index contributed by atoms with van der Waals surface area (Å²) < 4.78 is 75.8. The van der Waals surface area contributed by atoms with Crippen LogP contribution in [0.5, 0.6) is 0 Å². The van der Waals surface area contributed by atoms with Crippen molar-refractivity contribution in [2.24, 2.45) is 0 Å². The number of hydrogen-bond donors (Lipinski definition) is 0. The normalized spacial score (nSPS) is 12.1. The second-order valence-corrected chi connectivity index (χ2v) is 11.6. The Bertz CT molecular complexity index is 1660. The van der Waals surface area contributed by atoms with Gasteiger partial charge in [-0.15, -0.1) is 0 Å². The summed E-state index contributed by atoms with van der Waals surface area (Å²) >= 11 is 0. The van der Waals surface area contributed by atoms with Crippen molar-refractivity contribution in [3.05, 3.63) is 71.8 Å². The summed E-state index contributed by atoms with van der Waals surface area (Å²) in [6.07, 6.45) is 0. The SMILES string of the molecule is CC(C)c1cccc2c(S(=O)(=O)[O-])c(S(=O)(=O)[O-])c(-c3cccc4ccccc34)c(C(C)C)c12.[Na+].[Na+]. The van der Waals surface area contributed by atoms with E-state index in [1.54, 1.807) is 30.3 Å². The van der Waals surface area contributed by atoms with Crippen molar-refractivity contribution >= 4 is 41.8 Å². The molecule has 36 heavy (non-hydrogen) atoms. The molecule has 4 rings (SSSR count). The van der Waals surface area contributed by atoms with Crippen molar-refractivity contribution in [2.75, 3.05) is 0 Å². The minimum Gasteiger partial charge on any atom is -0.744 e. The Kier molecular flexibility index (Phi) is 10.1. The molecule has 0 aliphatic rings. The first kappa shape index (κ1) is 31.4. The van der Waals surface area contributed by atoms with E-state index < -0.39 is 30.0 Å². The van der Waals surface area contributed by atoms with Gasteiger partial charge in [0, 0.05) is 10.9 Å². The maximum absolute atomic E-state index is 12.7. The fourth-order valence-electron chi connectivity index (χ4n) is 4.80. The summed E-state index contributed by atoms with van der Waals surface area (Å²) in [7, 11) is -10.7. The second-order valence-electron chi connectivity index (χ2n) is 8.96. The third-order valence-corrected chi connectivity index (χ3v) is 8.03. The summed E-state index contributed by atoms with van der Waals surface area (Å²) in [5, 5.41) is 1.89. The molecule has 10 heteroatoms. The predicted octanol–water partition coefficient (Wildman–Crippen LogP) is -0.277. The first-order chi connectivity index (χ1) is 15.8. The molecule has 178 valence electrons. The third-order valence-electron chi connectivity index (χ3n) is 6.07. The van der Waals surface area contributed by atoms with Crippen LogP contribution in [-0.2, 0) is 20.2 Å². The van der Waals surface area contributed by atoms with Crippen molar-refractivity contribution in [3.8, 4) is 11.1 Å². The van der Waals surface area contributed by atoms with Crippen molar-refractivity contribution in [2.45, 2.75) is 49.3 Å². The summed E-state index contributed by atoms with van der Waals surface area (Å²) in [6.45, 7) is 7.57. The van der Waals surface area contributed by atoms with Crippen LogP contribution in [0.3, 0.4) is 0 Å². The number of benzene rings is 4. The van der Waals surface area contributed by atoms with Crippen LogP contribution in [0.15, 0.2) is 70.5 Å². The van der Waals surface area contributed by atoms with Crippen LogP contribution in [0.2, 0.25) is 0 Å². The Morgan fingerprint density at radius 1 is 0.639 bits per heavy atom. The zero-order valence-electron chi connectivity index (χ0n) is 21.2. The van der Waals surface area contributed by atoms with E-state index in [1.165, 1.54) is 6.07 Å². The van der Waals surface area contributed by atoms with Gasteiger partial charge in [0.2, 0.25) is 0 Å². The fourth-order valence-corrected chi connectivity index (χ4v) is 6.99. The van der Waals surface area contributed by atoms with E-state index in [1.807, 2.05) is 52.0 Å². The van der Waals surface area contributed by atoms with Crippen LogP contribution in [0.4, 0.5) is 0 Å². The van der Waals surface area contributed by atoms with Crippen LogP contribution in [0.25, 0.3) is 32.7 Å². The molecule has 0 saturated heterocycles. The minimum atomic E-state index is -5.37. The average Bonchev–Trinajstić information content (AvgIpc) is 2.74. The molecule has 0 aromatic heterocycles. The molecule has 0 unspecified atom stereocenters. The van der Waals surface area contributed by atoms with Gasteiger partial charge in [0.25, 0.3) is 0 Å². The molecule has 0 atom stereocenters. The Hall–Kier alpha value is -0.780. The summed E-state index contributed by atoms with van der Waals surface area (Å²) in [6, 6.07) is 17.2. The Balaban J connectivity index is 0.00000228. The van der Waals surface area contributed by atoms with Crippen LogP contribution in [0.1, 0.15) is 50.7 Å². The van der Waals surface area contributed by atoms with E-state index in [2.05, 4.69) is 0 Å². The number of rotatable bonds is 5. The van der Waals surface area contributed by atoms with Crippen LogP contribution in [-0.4, -0.2) is 25.9 Å². The first-order valence-corrected chi connectivity index (χ1v) is 13.7. The molecular weight excluding hydrogens is 518 g/mol. The van der Waals surface area contributed by atoms with Crippen molar-refractivity contribution in [3.63, 3.8) is 0 Å². The van der Waals surface area contributed by atoms with Crippen molar-refractivity contribution in [1.29, 1.82) is 0 Å². The Labute approximate surface area is 256 Å². The minimum absolute atomic E-state index is 0. The molecule has 0 fully saturated rings. The Morgan fingerprint density at radius 3 is 1.72 bits per heavy atom. The maximum Gasteiger partial charge on any atom is 1.00 e. The van der Waals surface area contributed by atoms with E-state index in [4.69, 9.17) is 0 Å². The van der Waals surface area contributed by atoms with Crippen LogP contribution < -0.4 is 59.1 Å². The van der Waals surface area contributed by atoms with Gasteiger partial charge in [0.1, 0.15) is 20.2 Å². The van der Waals surface area contributed by atoms with Gasteiger partial charge in [-0.1, -0.05) is 88.4 Å². The summed E-state index contributed by atoms with van der Waals surface area (Å²) in [5.41, 5.74) is 1.67. The van der Waals surface area contributed by atoms with E-state index in [-0.39, 0.29) is 81.9 Å². The monoisotopic (exact) mass is 542 g/mol. The molecule has 4 aromatic carbocycles. The molecule has 4 aromatic rings. The maximum atomic E-state index is 12.7. The van der Waals surface area contributed by atoms with Gasteiger partial charge in [-0.05, 0) is 44.7 Å². The van der Waals surface area contributed by atoms with E-state index in [9.17, 15) is 25.9 Å². The topological polar surface area (TPSA) is 114 Å². The molecule has 0 aliphatic carbocycles. The van der Waals surface area contributed by atoms with Gasteiger partial charge >= 0.3 is 59.1 Å². The molecular formula is C26H24Na2O6S2. The molecule has 0 radical (unpaired) electrons. The molecule has 0 bridgehead atoms. The Morgan fingerprint density at radius 2 is 1.17 bits per heavy atom. The van der Waals surface area contributed by atoms with Crippen molar-refractivity contribution in [1.82, 2.24) is 0 Å². The van der Waals surface area contributed by atoms with Gasteiger partial charge in [0.15, 0.2) is 0 Å². The van der Waals surface area contributed by atoms with Crippen LogP contribution >= 0.6 is 0 Å². The van der Waals surface area contributed by atoms with Crippen LogP contribution in [0, 0.1) is 0 Å². The zero-order valence-corrected chi connectivity index (χ0v) is 26.8. The van der Waals surface area contributed by atoms with Gasteiger partial charge < -0.3 is 9.11 Å². The molecule has 0 aliphatic heterocycles. The zero-order chi connectivity index (χ0) is 25.0. The van der Waals surface area contributed by atoms with E-state index >= 15 is 0 Å². The fraction of sp³-hybridized carbons (Fsp3) is 0.231. The molecule has 0 amide bonds. The van der Waals surface area contributed by atoms with E-state index in [0.29, 0.717) is 21.9 Å². The first-order valence-electron chi connectivity index (χ1n) is 10.9. The van der Waals surface area contributed by atoms with Gasteiger partial charge in [-0.25, -0.2) is 16.8 Å². The third kappa shape index (κ3) is 5.64. The smallest absolute Gasteiger partial charge is 0.744 e. The quantitative estimate of drug-likeness (QED) is 0.253. The molecule has 0 heterocycles. The number of fused-ring (bicyclic) bond motifs is 2. The molecule has 0 saturated carbocycles.